The number of carbonyl (C=O) groups excluding carboxylic acids is 1. The monoisotopic (exact) mass is 558 g/mol. The molecule has 4 heterocycles. The van der Waals surface area contributed by atoms with Gasteiger partial charge in [0.1, 0.15) is 17.2 Å². The van der Waals surface area contributed by atoms with Gasteiger partial charge in [0, 0.05) is 34.8 Å². The molecule has 0 N–H and O–H groups in total. The molecule has 2 unspecified atom stereocenters. The average Bonchev–Trinajstić information content (AvgIpc) is 3.61. The highest BCUT2D eigenvalue weighted by molar-refractivity contribution is 5.87. The van der Waals surface area contributed by atoms with Gasteiger partial charge in [0.2, 0.25) is 5.95 Å². The number of anilines is 1. The summed E-state index contributed by atoms with van der Waals surface area (Å²) in [4.78, 5) is 23.4. The van der Waals surface area contributed by atoms with Crippen molar-refractivity contribution in [3.05, 3.63) is 53.0 Å². The fraction of sp³-hybridized carbons (Fsp3) is 0.500. The molecule has 1 aromatic carbocycles. The zero-order chi connectivity index (χ0) is 28.0. The number of nitrogens with zero attached hydrogens (tertiary/aromatic N) is 4. The fourth-order valence-corrected chi connectivity index (χ4v) is 5.88. The van der Waals surface area contributed by atoms with Gasteiger partial charge in [0.15, 0.2) is 5.69 Å². The summed E-state index contributed by atoms with van der Waals surface area (Å²) in [7, 11) is 1.32. The number of carbonyl (C=O) groups is 1. The molecular weight excluding hydrogens is 529 g/mol. The molecule has 2 bridgehead atoms. The van der Waals surface area contributed by atoms with E-state index in [2.05, 4.69) is 24.8 Å². The van der Waals surface area contributed by atoms with Crippen molar-refractivity contribution in [1.29, 1.82) is 0 Å². The molecule has 2 aliphatic heterocycles. The van der Waals surface area contributed by atoms with Crippen molar-refractivity contribution < 1.29 is 36.7 Å². The summed E-state index contributed by atoms with van der Waals surface area (Å²) in [6.07, 6.45) is 0.330. The maximum atomic E-state index is 13.1. The summed E-state index contributed by atoms with van der Waals surface area (Å²) >= 11 is 0. The van der Waals surface area contributed by atoms with Crippen molar-refractivity contribution >= 4 is 11.9 Å². The van der Waals surface area contributed by atoms with E-state index in [1.807, 2.05) is 6.92 Å². The number of rotatable bonds is 8. The van der Waals surface area contributed by atoms with E-state index in [0.717, 1.165) is 38.5 Å². The van der Waals surface area contributed by atoms with Crippen LogP contribution in [-0.2, 0) is 16.1 Å². The normalized spacial score (nSPS) is 22.4. The summed E-state index contributed by atoms with van der Waals surface area (Å²) in [6.45, 7) is 1.99. The third-order valence-corrected chi connectivity index (χ3v) is 7.76. The summed E-state index contributed by atoms with van der Waals surface area (Å²) in [5.41, 5.74) is 2.10. The molecule has 3 fully saturated rings. The maximum absolute atomic E-state index is 13.1. The number of aromatic nitrogens is 3. The minimum Gasteiger partial charge on any atom is -0.464 e. The number of fused-ring (bicyclic) bond motifs is 2. The van der Waals surface area contributed by atoms with Crippen LogP contribution in [0, 0.1) is 6.92 Å². The number of hydrogen-bond acceptors (Lipinski definition) is 9. The van der Waals surface area contributed by atoms with Gasteiger partial charge in [-0.05, 0) is 63.6 Å². The van der Waals surface area contributed by atoms with Crippen LogP contribution in [-0.4, -0.2) is 52.8 Å². The second-order valence-corrected chi connectivity index (χ2v) is 10.6. The molecule has 212 valence electrons. The van der Waals surface area contributed by atoms with E-state index in [0.29, 0.717) is 28.7 Å². The topological polar surface area (TPSA) is 99.8 Å². The van der Waals surface area contributed by atoms with Gasteiger partial charge in [0.25, 0.3) is 0 Å². The van der Waals surface area contributed by atoms with Gasteiger partial charge >= 0.3 is 12.3 Å². The van der Waals surface area contributed by atoms with Gasteiger partial charge in [-0.2, -0.15) is 0 Å². The Morgan fingerprint density at radius 3 is 2.50 bits per heavy atom. The van der Waals surface area contributed by atoms with Crippen LogP contribution in [0.25, 0.3) is 11.3 Å². The Labute approximate surface area is 228 Å². The van der Waals surface area contributed by atoms with Crippen LogP contribution in [0.3, 0.4) is 0 Å². The molecule has 12 heteroatoms. The van der Waals surface area contributed by atoms with Crippen LogP contribution in [0.15, 0.2) is 34.9 Å². The maximum Gasteiger partial charge on any atom is 0.573 e. The second kappa shape index (κ2) is 10.4. The molecule has 0 spiro atoms. The number of benzene rings is 1. The molecule has 3 atom stereocenters. The summed E-state index contributed by atoms with van der Waals surface area (Å²) < 4.78 is 60.4. The third kappa shape index (κ3) is 5.36. The second-order valence-electron chi connectivity index (χ2n) is 10.6. The van der Waals surface area contributed by atoms with E-state index in [4.69, 9.17) is 14.0 Å². The lowest BCUT2D eigenvalue weighted by Crippen LogP contribution is -2.46. The Morgan fingerprint density at radius 1 is 1.10 bits per heavy atom. The van der Waals surface area contributed by atoms with Gasteiger partial charge in [-0.15, -0.1) is 13.2 Å². The van der Waals surface area contributed by atoms with E-state index in [9.17, 15) is 18.0 Å². The zero-order valence-corrected chi connectivity index (χ0v) is 22.1. The first-order valence-corrected chi connectivity index (χ1v) is 13.4. The molecular formula is C28H29F3N4O5. The van der Waals surface area contributed by atoms with Gasteiger partial charge in [0.05, 0.1) is 19.8 Å². The number of halogens is 3. The van der Waals surface area contributed by atoms with Crippen molar-refractivity contribution in [3.63, 3.8) is 0 Å². The largest absolute Gasteiger partial charge is 0.573 e. The predicted molar refractivity (Wildman–Crippen MR) is 136 cm³/mol. The highest BCUT2D eigenvalue weighted by atomic mass is 19.4. The first-order chi connectivity index (χ1) is 19.2. The number of alkyl halides is 3. The third-order valence-electron chi connectivity index (χ3n) is 7.76. The number of esters is 1. The first kappa shape index (κ1) is 26.5. The van der Waals surface area contributed by atoms with Crippen molar-refractivity contribution in [1.82, 2.24) is 15.1 Å². The van der Waals surface area contributed by atoms with E-state index in [1.165, 1.54) is 19.2 Å². The molecule has 2 saturated heterocycles. The van der Waals surface area contributed by atoms with E-state index < -0.39 is 12.3 Å². The minimum absolute atomic E-state index is 0.0740. The Morgan fingerprint density at radius 2 is 1.82 bits per heavy atom. The van der Waals surface area contributed by atoms with Crippen molar-refractivity contribution in [2.75, 3.05) is 12.0 Å². The molecule has 3 aliphatic rings. The molecule has 2 aromatic heterocycles. The Bertz CT molecular complexity index is 1390. The molecule has 0 radical (unpaired) electrons. The molecule has 3 aromatic rings. The Kier molecular flexibility index (Phi) is 6.89. The van der Waals surface area contributed by atoms with Crippen molar-refractivity contribution in [2.24, 2.45) is 0 Å². The SMILES string of the molecule is COC(=O)c1cc(C)nc(N2C3CC[C@H]2CC(OCc2c(-c4ccccc4OC(F)(F)F)noc2C2CC2)C3)n1. The summed E-state index contributed by atoms with van der Waals surface area (Å²) in [6, 6.07) is 7.83. The van der Waals surface area contributed by atoms with Gasteiger partial charge in [-0.1, -0.05) is 17.3 Å². The number of aryl methyl sites for hydroxylation is 1. The molecule has 40 heavy (non-hydrogen) atoms. The number of para-hydroxylation sites is 1. The van der Waals surface area contributed by atoms with E-state index in [1.54, 1.807) is 18.2 Å². The van der Waals surface area contributed by atoms with E-state index >= 15 is 0 Å². The molecule has 0 amide bonds. The number of methoxy groups -OCH3 is 1. The number of piperidine rings is 1. The lowest BCUT2D eigenvalue weighted by atomic mass is 9.99. The molecule has 9 nitrogen and oxygen atoms in total. The highest BCUT2D eigenvalue weighted by Gasteiger charge is 2.43. The average molecular weight is 559 g/mol. The minimum atomic E-state index is -4.83. The van der Waals surface area contributed by atoms with Gasteiger partial charge in [-0.3, -0.25) is 0 Å². The molecule has 1 saturated carbocycles. The highest BCUT2D eigenvalue weighted by Crippen LogP contribution is 2.46. The standard InChI is InChI=1S/C28H29F3N4O5/c1-15-11-22(26(36)37-2)33-27(32-15)35-17-9-10-18(35)13-19(12-17)38-14-21-24(34-40-25(21)16-7-8-16)20-5-3-4-6-23(20)39-28(29,30)31/h3-6,11,16-19H,7-10,12-14H2,1-2H3/t17-,18?,19?/m0/s1. The lowest BCUT2D eigenvalue weighted by molar-refractivity contribution is -0.274. The van der Waals surface area contributed by atoms with Gasteiger partial charge < -0.3 is 23.6 Å². The number of ether oxygens (including phenoxy) is 3. The first-order valence-electron chi connectivity index (χ1n) is 13.4. The van der Waals surface area contributed by atoms with Crippen LogP contribution in [0.4, 0.5) is 19.1 Å². The zero-order valence-electron chi connectivity index (χ0n) is 22.1. The van der Waals surface area contributed by atoms with E-state index in [-0.39, 0.29) is 47.7 Å². The molecule has 6 rings (SSSR count). The Hall–Kier alpha value is -3.67. The lowest BCUT2D eigenvalue weighted by Gasteiger charge is -2.39. The predicted octanol–water partition coefficient (Wildman–Crippen LogP) is 5.72. The van der Waals surface area contributed by atoms with Crippen LogP contribution < -0.4 is 9.64 Å². The smallest absolute Gasteiger partial charge is 0.464 e. The van der Waals surface area contributed by atoms with Crippen molar-refractivity contribution in [3.8, 4) is 17.0 Å². The summed E-state index contributed by atoms with van der Waals surface area (Å²) in [5.74, 6) is 0.542. The quantitative estimate of drug-likeness (QED) is 0.322. The number of hydrogen-bond donors (Lipinski definition) is 0. The van der Waals surface area contributed by atoms with Crippen molar-refractivity contribution in [2.45, 2.75) is 82.5 Å². The summed E-state index contributed by atoms with van der Waals surface area (Å²) in [5, 5.41) is 4.17. The Balaban J connectivity index is 1.20. The van der Waals surface area contributed by atoms with Crippen LogP contribution >= 0.6 is 0 Å². The molecule has 1 aliphatic carbocycles. The van der Waals surface area contributed by atoms with Crippen LogP contribution in [0.2, 0.25) is 0 Å². The van der Waals surface area contributed by atoms with Crippen LogP contribution in [0.5, 0.6) is 5.75 Å². The fourth-order valence-electron chi connectivity index (χ4n) is 5.88. The van der Waals surface area contributed by atoms with Crippen LogP contribution in [0.1, 0.15) is 71.9 Å². The van der Waals surface area contributed by atoms with Gasteiger partial charge in [-0.25, -0.2) is 14.8 Å².